The Morgan fingerprint density at radius 1 is 1.04 bits per heavy atom. The third-order valence-corrected chi connectivity index (χ3v) is 4.44. The molecule has 2 heterocycles. The highest BCUT2D eigenvalue weighted by Gasteiger charge is 2.40. The van der Waals surface area contributed by atoms with Crippen molar-refractivity contribution in [3.63, 3.8) is 0 Å². The first-order valence-electron chi connectivity index (χ1n) is 8.01. The highest BCUT2D eigenvalue weighted by molar-refractivity contribution is 6.01. The van der Waals surface area contributed by atoms with E-state index >= 15 is 0 Å². The summed E-state index contributed by atoms with van der Waals surface area (Å²) in [6.45, 7) is 0.700. The van der Waals surface area contributed by atoms with Crippen LogP contribution in [-0.2, 0) is 11.3 Å². The summed E-state index contributed by atoms with van der Waals surface area (Å²) in [7, 11) is 0. The number of carbonyl (C=O) groups excluding carboxylic acids is 2. The fraction of sp³-hybridized carbons (Fsp3) is 0.158. The summed E-state index contributed by atoms with van der Waals surface area (Å²) in [4.78, 5) is 26.5. The quantitative estimate of drug-likeness (QED) is 0.904. The lowest BCUT2D eigenvalue weighted by Crippen LogP contribution is -2.44. The maximum Gasteiger partial charge on any atom is 0.319 e. The molecule has 0 unspecified atom stereocenters. The minimum Gasteiger partial charge on any atom is -0.329 e. The molecule has 6 heteroatoms. The van der Waals surface area contributed by atoms with E-state index in [0.29, 0.717) is 24.4 Å². The predicted octanol–water partition coefficient (Wildman–Crippen LogP) is 2.48. The first kappa shape index (κ1) is 15.4. The number of halogens is 1. The van der Waals surface area contributed by atoms with Gasteiger partial charge in [-0.2, -0.15) is 0 Å². The van der Waals surface area contributed by atoms with Crippen molar-refractivity contribution in [3.8, 4) is 0 Å². The molecule has 2 aromatic rings. The molecule has 3 amide bonds. The van der Waals surface area contributed by atoms with Crippen molar-refractivity contribution < 1.29 is 14.0 Å². The van der Waals surface area contributed by atoms with Crippen molar-refractivity contribution in [2.24, 2.45) is 0 Å². The van der Waals surface area contributed by atoms with Crippen molar-refractivity contribution in [2.75, 3.05) is 6.54 Å². The first-order chi connectivity index (χ1) is 12.1. The van der Waals surface area contributed by atoms with Gasteiger partial charge in [0, 0.05) is 6.54 Å². The summed E-state index contributed by atoms with van der Waals surface area (Å²) < 4.78 is 13.1. The number of hydrogen-bond acceptors (Lipinski definition) is 2. The fourth-order valence-corrected chi connectivity index (χ4v) is 3.26. The molecule has 0 aliphatic carbocycles. The highest BCUT2D eigenvalue weighted by atomic mass is 19.1. The van der Waals surface area contributed by atoms with Crippen molar-refractivity contribution in [3.05, 3.63) is 82.8 Å². The van der Waals surface area contributed by atoms with Gasteiger partial charge in [0.2, 0.25) is 0 Å². The van der Waals surface area contributed by atoms with Gasteiger partial charge >= 0.3 is 6.03 Å². The zero-order valence-corrected chi connectivity index (χ0v) is 13.3. The molecular formula is C19H16FN3O2. The van der Waals surface area contributed by atoms with Crippen LogP contribution in [0.1, 0.15) is 17.2 Å². The van der Waals surface area contributed by atoms with E-state index in [1.54, 1.807) is 17.0 Å². The number of benzene rings is 2. The lowest BCUT2D eigenvalue weighted by Gasteiger charge is -2.25. The Kier molecular flexibility index (Phi) is 3.72. The van der Waals surface area contributed by atoms with E-state index in [1.165, 1.54) is 12.1 Å². The van der Waals surface area contributed by atoms with Gasteiger partial charge in [0.1, 0.15) is 5.82 Å². The van der Waals surface area contributed by atoms with Gasteiger partial charge in [0.05, 0.1) is 23.9 Å². The Hall–Kier alpha value is -3.15. The highest BCUT2D eigenvalue weighted by Crippen LogP contribution is 2.32. The summed E-state index contributed by atoms with van der Waals surface area (Å²) in [6.07, 6.45) is 0. The monoisotopic (exact) mass is 337 g/mol. The van der Waals surface area contributed by atoms with Crippen LogP contribution in [-0.4, -0.2) is 23.4 Å². The topological polar surface area (TPSA) is 61.4 Å². The van der Waals surface area contributed by atoms with E-state index < -0.39 is 6.04 Å². The number of hydrogen-bond donors (Lipinski definition) is 2. The summed E-state index contributed by atoms with van der Waals surface area (Å²) in [6, 6.07) is 14.7. The van der Waals surface area contributed by atoms with E-state index in [1.807, 2.05) is 30.3 Å². The maximum absolute atomic E-state index is 13.1. The molecule has 0 saturated carbocycles. The van der Waals surface area contributed by atoms with Crippen LogP contribution in [0, 0.1) is 5.82 Å². The zero-order valence-electron chi connectivity index (χ0n) is 13.3. The molecular weight excluding hydrogens is 321 g/mol. The standard InChI is InChI=1S/C19H16FN3O2/c20-14-8-6-12(7-9-14)10-23-11-15-16(18(23)24)17(22-19(25)21-15)13-4-2-1-3-5-13/h1-9,17H,10-11H2,(H2,21,22,25)/t17-/m0/s1. The summed E-state index contributed by atoms with van der Waals surface area (Å²) in [5, 5.41) is 5.56. The van der Waals surface area contributed by atoms with Gasteiger partial charge in [0.25, 0.3) is 5.91 Å². The summed E-state index contributed by atoms with van der Waals surface area (Å²) in [5.74, 6) is -0.435. The van der Waals surface area contributed by atoms with E-state index in [9.17, 15) is 14.0 Å². The lowest BCUT2D eigenvalue weighted by molar-refractivity contribution is -0.126. The minimum absolute atomic E-state index is 0.124. The molecule has 0 spiro atoms. The second-order valence-electron chi connectivity index (χ2n) is 6.12. The van der Waals surface area contributed by atoms with Gasteiger partial charge in [0.15, 0.2) is 0 Å². The average molecular weight is 337 g/mol. The molecule has 25 heavy (non-hydrogen) atoms. The molecule has 4 rings (SSSR count). The Morgan fingerprint density at radius 2 is 1.76 bits per heavy atom. The van der Waals surface area contributed by atoms with Crippen LogP contribution >= 0.6 is 0 Å². The van der Waals surface area contributed by atoms with E-state index in [4.69, 9.17) is 0 Å². The fourth-order valence-electron chi connectivity index (χ4n) is 3.26. The van der Waals surface area contributed by atoms with Crippen molar-refractivity contribution in [1.29, 1.82) is 0 Å². The van der Waals surface area contributed by atoms with Crippen LogP contribution in [0.3, 0.4) is 0 Å². The zero-order chi connectivity index (χ0) is 17.4. The van der Waals surface area contributed by atoms with Crippen LogP contribution in [0.2, 0.25) is 0 Å². The van der Waals surface area contributed by atoms with Gasteiger partial charge in [-0.1, -0.05) is 42.5 Å². The molecule has 0 saturated heterocycles. The van der Waals surface area contributed by atoms with Crippen LogP contribution in [0.25, 0.3) is 0 Å². The minimum atomic E-state index is -0.462. The molecule has 0 bridgehead atoms. The van der Waals surface area contributed by atoms with E-state index in [2.05, 4.69) is 10.6 Å². The largest absolute Gasteiger partial charge is 0.329 e. The molecule has 0 fully saturated rings. The van der Waals surface area contributed by atoms with E-state index in [0.717, 1.165) is 11.1 Å². The summed E-state index contributed by atoms with van der Waals surface area (Å²) >= 11 is 0. The molecule has 2 aromatic carbocycles. The number of amides is 3. The van der Waals surface area contributed by atoms with E-state index in [-0.39, 0.29) is 17.8 Å². The van der Waals surface area contributed by atoms with Gasteiger partial charge < -0.3 is 15.5 Å². The average Bonchev–Trinajstić information content (AvgIpc) is 2.92. The molecule has 2 N–H and O–H groups in total. The number of carbonyl (C=O) groups is 2. The van der Waals surface area contributed by atoms with Crippen LogP contribution in [0.5, 0.6) is 0 Å². The van der Waals surface area contributed by atoms with Crippen molar-refractivity contribution >= 4 is 11.9 Å². The number of nitrogens with zero attached hydrogens (tertiary/aromatic N) is 1. The molecule has 0 radical (unpaired) electrons. The summed E-state index contributed by atoms with van der Waals surface area (Å²) in [5.41, 5.74) is 2.89. The molecule has 1 atom stereocenters. The molecule has 2 aliphatic heterocycles. The molecule has 0 aromatic heterocycles. The predicted molar refractivity (Wildman–Crippen MR) is 89.7 cm³/mol. The molecule has 2 aliphatic rings. The molecule has 126 valence electrons. The van der Waals surface area contributed by atoms with Crippen molar-refractivity contribution in [1.82, 2.24) is 15.5 Å². The molecule has 5 nitrogen and oxygen atoms in total. The van der Waals surface area contributed by atoms with Crippen molar-refractivity contribution in [2.45, 2.75) is 12.6 Å². The van der Waals surface area contributed by atoms with Crippen LogP contribution in [0.4, 0.5) is 9.18 Å². The normalized spacial score (nSPS) is 19.6. The lowest BCUT2D eigenvalue weighted by atomic mass is 9.96. The van der Waals surface area contributed by atoms with Gasteiger partial charge in [-0.3, -0.25) is 4.79 Å². The van der Waals surface area contributed by atoms with Crippen LogP contribution < -0.4 is 10.6 Å². The van der Waals surface area contributed by atoms with Gasteiger partial charge in [-0.05, 0) is 23.3 Å². The number of nitrogens with one attached hydrogen (secondary N) is 2. The maximum atomic E-state index is 13.1. The Labute approximate surface area is 144 Å². The third kappa shape index (κ3) is 2.87. The number of urea groups is 1. The second-order valence-corrected chi connectivity index (χ2v) is 6.12. The SMILES string of the molecule is O=C1NC2=C(C(=O)N(Cc3ccc(F)cc3)C2)[C@H](c2ccccc2)N1. The smallest absolute Gasteiger partial charge is 0.319 e. The van der Waals surface area contributed by atoms with Gasteiger partial charge in [-0.15, -0.1) is 0 Å². The number of rotatable bonds is 3. The Bertz CT molecular complexity index is 862. The second kappa shape index (κ2) is 6.05. The third-order valence-electron chi connectivity index (χ3n) is 4.44. The Balaban J connectivity index is 1.61. The van der Waals surface area contributed by atoms with Gasteiger partial charge in [-0.25, -0.2) is 9.18 Å². The Morgan fingerprint density at radius 3 is 2.48 bits per heavy atom. The first-order valence-corrected chi connectivity index (χ1v) is 8.01. The van der Waals surface area contributed by atoms with Crippen LogP contribution in [0.15, 0.2) is 65.9 Å².